The summed E-state index contributed by atoms with van der Waals surface area (Å²) in [6.45, 7) is 6.51. The van der Waals surface area contributed by atoms with Crippen molar-refractivity contribution in [1.82, 2.24) is 0 Å². The molecule has 0 aromatic carbocycles. The third-order valence-corrected chi connectivity index (χ3v) is 14.6. The highest BCUT2D eigenvalue weighted by molar-refractivity contribution is 5.71. The summed E-state index contributed by atoms with van der Waals surface area (Å²) in [7, 11) is 0. The molecule has 0 heterocycles. The van der Waals surface area contributed by atoms with Gasteiger partial charge in [-0.2, -0.15) is 0 Å². The van der Waals surface area contributed by atoms with Gasteiger partial charge in [0, 0.05) is 19.3 Å². The van der Waals surface area contributed by atoms with Crippen molar-refractivity contribution in [1.29, 1.82) is 0 Å². The Morgan fingerprint density at radius 1 is 0.269 bits per heavy atom. The Balaban J connectivity index is 4.05. The molecule has 0 aliphatic rings. The fourth-order valence-electron chi connectivity index (χ4n) is 9.62. The zero-order chi connectivity index (χ0) is 56.4. The second-order valence-electron chi connectivity index (χ2n) is 22.4. The third-order valence-electron chi connectivity index (χ3n) is 14.6. The molecule has 0 aromatic rings. The molecule has 0 aliphatic heterocycles. The van der Waals surface area contributed by atoms with Crippen LogP contribution in [0.25, 0.3) is 0 Å². The lowest BCUT2D eigenvalue weighted by molar-refractivity contribution is -0.167. The van der Waals surface area contributed by atoms with E-state index in [2.05, 4.69) is 106 Å². The normalized spacial score (nSPS) is 12.6. The maximum Gasteiger partial charge on any atom is 0.306 e. The highest BCUT2D eigenvalue weighted by atomic mass is 16.6. The predicted octanol–water partition coefficient (Wildman–Crippen LogP) is 23.1. The summed E-state index contributed by atoms with van der Waals surface area (Å²) < 4.78 is 16.9. The van der Waals surface area contributed by atoms with Gasteiger partial charge in [0.2, 0.25) is 0 Å². The number of allylic oxidation sites excluding steroid dienone is 14. The van der Waals surface area contributed by atoms with Crippen LogP contribution < -0.4 is 0 Å². The smallest absolute Gasteiger partial charge is 0.306 e. The number of esters is 3. The van der Waals surface area contributed by atoms with Crippen LogP contribution in [0.4, 0.5) is 0 Å². The summed E-state index contributed by atoms with van der Waals surface area (Å²) in [5, 5.41) is 0. The lowest BCUT2D eigenvalue weighted by Gasteiger charge is -2.18. The van der Waals surface area contributed by atoms with E-state index in [1.807, 2.05) is 0 Å². The summed E-state index contributed by atoms with van der Waals surface area (Å²) >= 11 is 0. The highest BCUT2D eigenvalue weighted by Gasteiger charge is 2.19. The first-order valence-corrected chi connectivity index (χ1v) is 33.6. The van der Waals surface area contributed by atoms with E-state index in [9.17, 15) is 14.4 Å². The molecule has 6 nitrogen and oxygen atoms in total. The second kappa shape index (κ2) is 66.1. The molecular weight excluding hydrogens is 961 g/mol. The number of ether oxygens (including phenoxy) is 3. The van der Waals surface area contributed by atoms with Gasteiger partial charge in [0.25, 0.3) is 0 Å². The first-order valence-electron chi connectivity index (χ1n) is 33.6. The van der Waals surface area contributed by atoms with Gasteiger partial charge in [-0.05, 0) is 96.3 Å². The first kappa shape index (κ1) is 74.6. The van der Waals surface area contributed by atoms with Crippen molar-refractivity contribution in [3.05, 3.63) is 85.1 Å². The Labute approximate surface area is 484 Å². The lowest BCUT2D eigenvalue weighted by Crippen LogP contribution is -2.30. The van der Waals surface area contributed by atoms with E-state index in [-0.39, 0.29) is 31.1 Å². The van der Waals surface area contributed by atoms with Crippen molar-refractivity contribution in [2.24, 2.45) is 0 Å². The molecule has 0 saturated carbocycles. The molecule has 450 valence electrons. The summed E-state index contributed by atoms with van der Waals surface area (Å²) in [6.07, 6.45) is 87.6. The summed E-state index contributed by atoms with van der Waals surface area (Å²) in [5.74, 6) is -0.877. The highest BCUT2D eigenvalue weighted by Crippen LogP contribution is 2.17. The van der Waals surface area contributed by atoms with Crippen LogP contribution in [0.3, 0.4) is 0 Å². The van der Waals surface area contributed by atoms with Crippen LogP contribution in [0.2, 0.25) is 0 Å². The van der Waals surface area contributed by atoms with E-state index in [0.717, 1.165) is 116 Å². The molecule has 0 N–H and O–H groups in total. The average molecular weight is 1090 g/mol. The molecule has 0 radical (unpaired) electrons. The summed E-state index contributed by atoms with van der Waals surface area (Å²) in [6, 6.07) is 0. The molecule has 1 unspecified atom stereocenters. The van der Waals surface area contributed by atoms with Crippen LogP contribution in [0.15, 0.2) is 85.1 Å². The van der Waals surface area contributed by atoms with Crippen molar-refractivity contribution in [3.63, 3.8) is 0 Å². The summed E-state index contributed by atoms with van der Waals surface area (Å²) in [5.41, 5.74) is 0. The molecule has 0 aliphatic carbocycles. The van der Waals surface area contributed by atoms with E-state index >= 15 is 0 Å². The van der Waals surface area contributed by atoms with Gasteiger partial charge in [0.05, 0.1) is 0 Å². The topological polar surface area (TPSA) is 78.9 Å². The second-order valence-corrected chi connectivity index (χ2v) is 22.4. The molecular formula is C72H126O6. The van der Waals surface area contributed by atoms with E-state index < -0.39 is 6.10 Å². The molecule has 0 spiro atoms. The first-order chi connectivity index (χ1) is 38.5. The third kappa shape index (κ3) is 63.4. The Hall–Kier alpha value is -3.41. The fourth-order valence-corrected chi connectivity index (χ4v) is 9.62. The molecule has 6 heteroatoms. The average Bonchev–Trinajstić information content (AvgIpc) is 3.44. The number of hydrogen-bond donors (Lipinski definition) is 0. The molecule has 78 heavy (non-hydrogen) atoms. The number of carbonyl (C=O) groups is 3. The van der Waals surface area contributed by atoms with E-state index in [1.54, 1.807) is 0 Å². The number of carbonyl (C=O) groups excluding carboxylic acids is 3. The van der Waals surface area contributed by atoms with Crippen LogP contribution in [0.1, 0.15) is 335 Å². The van der Waals surface area contributed by atoms with Gasteiger partial charge in [0.1, 0.15) is 13.2 Å². The van der Waals surface area contributed by atoms with Gasteiger partial charge in [-0.1, -0.05) is 305 Å². The molecule has 0 fully saturated rings. The van der Waals surface area contributed by atoms with Gasteiger partial charge in [-0.3, -0.25) is 14.4 Å². The Bertz CT molecular complexity index is 1480. The zero-order valence-corrected chi connectivity index (χ0v) is 51.7. The molecule has 0 bridgehead atoms. The van der Waals surface area contributed by atoms with Crippen LogP contribution >= 0.6 is 0 Å². The molecule has 0 rings (SSSR count). The number of hydrogen-bond acceptors (Lipinski definition) is 6. The lowest BCUT2D eigenvalue weighted by atomic mass is 10.0. The van der Waals surface area contributed by atoms with Crippen LogP contribution in [-0.4, -0.2) is 37.2 Å². The standard InChI is InChI=1S/C72H126O6/c1-4-7-10-13-16-19-22-24-26-27-28-29-30-31-32-33-34-35-36-37-38-39-40-41-42-43-44-45-47-48-50-53-56-59-62-65-71(74)77-68-69(67-76-70(73)64-61-58-55-52-21-18-15-12-9-6-3)78-72(75)66-63-60-57-54-51-49-46-25-23-20-17-14-11-8-5-2/h7,10,16-17,19-20,24-26,28-29,31-32,46,69H,4-6,8-9,11-15,18,21-23,27,30,33-45,47-68H2,1-3H3/b10-7-,19-16-,20-17-,26-24-,29-28-,32-31-,46-25-. The molecule has 0 aromatic heterocycles. The quantitative estimate of drug-likeness (QED) is 0.0261. The van der Waals surface area contributed by atoms with Gasteiger partial charge in [-0.25, -0.2) is 0 Å². The Morgan fingerprint density at radius 3 is 0.808 bits per heavy atom. The van der Waals surface area contributed by atoms with Crippen molar-refractivity contribution < 1.29 is 28.6 Å². The van der Waals surface area contributed by atoms with E-state index in [0.29, 0.717) is 19.3 Å². The monoisotopic (exact) mass is 1090 g/mol. The van der Waals surface area contributed by atoms with Gasteiger partial charge < -0.3 is 14.2 Å². The van der Waals surface area contributed by atoms with Crippen LogP contribution in [0.5, 0.6) is 0 Å². The number of unbranched alkanes of at least 4 members (excludes halogenated alkanes) is 36. The van der Waals surface area contributed by atoms with E-state index in [4.69, 9.17) is 14.2 Å². The van der Waals surface area contributed by atoms with Gasteiger partial charge >= 0.3 is 17.9 Å². The van der Waals surface area contributed by atoms with Crippen molar-refractivity contribution in [2.45, 2.75) is 341 Å². The van der Waals surface area contributed by atoms with Gasteiger partial charge in [0.15, 0.2) is 6.10 Å². The van der Waals surface area contributed by atoms with E-state index in [1.165, 1.54) is 180 Å². The fraction of sp³-hybridized carbons (Fsp3) is 0.764. The Kier molecular flexibility index (Phi) is 63.2. The number of rotatable bonds is 61. The maximum atomic E-state index is 12.9. The van der Waals surface area contributed by atoms with Crippen molar-refractivity contribution in [2.75, 3.05) is 13.2 Å². The largest absolute Gasteiger partial charge is 0.462 e. The molecule has 0 saturated heterocycles. The molecule has 0 amide bonds. The SMILES string of the molecule is CC/C=C\C/C=C\C/C=C\C/C=C\C/C=C\CCCCCCCCCCCCCCCCCCCCCC(=O)OCC(COC(=O)CCCCCCCCCCCC)OC(=O)CCCCCCC/C=C\C/C=C\CCCCC. The minimum absolute atomic E-state index is 0.0766. The Morgan fingerprint density at radius 2 is 0.500 bits per heavy atom. The summed E-state index contributed by atoms with van der Waals surface area (Å²) in [4.78, 5) is 38.2. The van der Waals surface area contributed by atoms with Gasteiger partial charge in [-0.15, -0.1) is 0 Å². The van der Waals surface area contributed by atoms with Crippen LogP contribution in [0, 0.1) is 0 Å². The molecule has 1 atom stereocenters. The van der Waals surface area contributed by atoms with Crippen molar-refractivity contribution in [3.8, 4) is 0 Å². The maximum absolute atomic E-state index is 12.9. The minimum atomic E-state index is -0.779. The van der Waals surface area contributed by atoms with Crippen LogP contribution in [-0.2, 0) is 28.6 Å². The minimum Gasteiger partial charge on any atom is -0.462 e. The predicted molar refractivity (Wildman–Crippen MR) is 339 cm³/mol. The zero-order valence-electron chi connectivity index (χ0n) is 51.7. The van der Waals surface area contributed by atoms with Crippen molar-refractivity contribution >= 4 is 17.9 Å².